The lowest BCUT2D eigenvalue weighted by atomic mass is 10.0. The molecule has 2 unspecified atom stereocenters. The van der Waals surface area contributed by atoms with E-state index in [0.29, 0.717) is 25.7 Å². The fraction of sp³-hybridized carbons (Fsp3) is 0.953. The van der Waals surface area contributed by atoms with Crippen LogP contribution in [0.5, 0.6) is 0 Å². The fourth-order valence-electron chi connectivity index (χ4n) is 13.4. The number of carbonyl (C=O) groups is 4. The Hall–Kier alpha value is -1.94. The van der Waals surface area contributed by atoms with Crippen LogP contribution in [0.3, 0.4) is 0 Å². The van der Waals surface area contributed by atoms with Gasteiger partial charge in [-0.2, -0.15) is 0 Å². The van der Waals surface area contributed by atoms with Crippen molar-refractivity contribution in [2.24, 2.45) is 11.8 Å². The molecule has 0 aliphatic heterocycles. The Kier molecular flexibility index (Phi) is 76.0. The summed E-state index contributed by atoms with van der Waals surface area (Å²) < 4.78 is 68.8. The van der Waals surface area contributed by atoms with Gasteiger partial charge in [0, 0.05) is 25.7 Å². The molecule has 0 rings (SSSR count). The van der Waals surface area contributed by atoms with E-state index in [2.05, 4.69) is 41.5 Å². The second-order valence-electron chi connectivity index (χ2n) is 31.9. The van der Waals surface area contributed by atoms with E-state index in [1.165, 1.54) is 263 Å². The van der Waals surface area contributed by atoms with Crippen LogP contribution in [0, 0.1) is 11.8 Å². The smallest absolute Gasteiger partial charge is 0.462 e. The van der Waals surface area contributed by atoms with Gasteiger partial charge in [-0.1, -0.05) is 408 Å². The zero-order valence-corrected chi connectivity index (χ0v) is 70.8. The number of hydrogen-bond donors (Lipinski definition) is 3. The van der Waals surface area contributed by atoms with Crippen LogP contribution >= 0.6 is 15.6 Å². The maximum Gasteiger partial charge on any atom is 0.472 e. The van der Waals surface area contributed by atoms with E-state index in [1.54, 1.807) is 0 Å². The molecule has 0 amide bonds. The summed E-state index contributed by atoms with van der Waals surface area (Å²) in [6, 6.07) is 0. The average Bonchev–Trinajstić information content (AvgIpc) is 0.910. The van der Waals surface area contributed by atoms with E-state index >= 15 is 0 Å². The van der Waals surface area contributed by atoms with E-state index in [-0.39, 0.29) is 25.7 Å². The first-order valence-electron chi connectivity index (χ1n) is 44.5. The molecule has 0 aliphatic carbocycles. The quantitative estimate of drug-likeness (QED) is 0.0222. The number of esters is 4. The van der Waals surface area contributed by atoms with Crippen LogP contribution in [0.2, 0.25) is 0 Å². The molecule has 0 saturated carbocycles. The number of phosphoric ester groups is 2. The number of aliphatic hydroxyl groups excluding tert-OH is 1. The van der Waals surface area contributed by atoms with Crippen LogP contribution in [0.25, 0.3) is 0 Å². The van der Waals surface area contributed by atoms with Gasteiger partial charge in [0.25, 0.3) is 0 Å². The van der Waals surface area contributed by atoms with Gasteiger partial charge in [0.05, 0.1) is 26.4 Å². The van der Waals surface area contributed by atoms with Gasteiger partial charge in [-0.05, 0) is 37.5 Å². The highest BCUT2D eigenvalue weighted by atomic mass is 31.2. The molecule has 0 fully saturated rings. The zero-order valence-electron chi connectivity index (χ0n) is 69.0. The second kappa shape index (κ2) is 77.4. The Bertz CT molecular complexity index is 2010. The number of hydrogen-bond acceptors (Lipinski definition) is 15. The van der Waals surface area contributed by atoms with Crippen molar-refractivity contribution in [1.29, 1.82) is 0 Å². The van der Waals surface area contributed by atoms with Crippen LogP contribution in [0.15, 0.2) is 0 Å². The lowest BCUT2D eigenvalue weighted by molar-refractivity contribution is -0.161. The monoisotopic (exact) mass is 1540 g/mol. The molecule has 0 aromatic carbocycles. The summed E-state index contributed by atoms with van der Waals surface area (Å²) in [6.07, 6.45) is 69.7. The molecule has 19 heteroatoms. The Balaban J connectivity index is 5.16. The third-order valence-corrected chi connectivity index (χ3v) is 22.1. The van der Waals surface area contributed by atoms with Gasteiger partial charge in [-0.3, -0.25) is 37.3 Å². The van der Waals surface area contributed by atoms with E-state index in [9.17, 15) is 43.2 Å². The summed E-state index contributed by atoms with van der Waals surface area (Å²) in [6.45, 7) is 9.70. The van der Waals surface area contributed by atoms with E-state index in [0.717, 1.165) is 115 Å². The third kappa shape index (κ3) is 79.9. The second-order valence-corrected chi connectivity index (χ2v) is 34.8. The van der Waals surface area contributed by atoms with Crippen molar-refractivity contribution in [3.63, 3.8) is 0 Å². The molecule has 0 aliphatic rings. The van der Waals surface area contributed by atoms with Crippen molar-refractivity contribution in [2.45, 2.75) is 477 Å². The van der Waals surface area contributed by atoms with E-state index < -0.39 is 97.5 Å². The SMILES string of the molecule is CCCCCCCCCCCCCCCCCCCCC(=O)O[C@H](COC(=O)CCCCCCCCC)COP(=O)(O)OC[C@H](O)COP(=O)(O)OC[C@@H](COC(=O)CCCCCCCCCCCCCCCCCCC(C)C)OC(=O)CCCCCCCCCCCCCCCCCCCCC(C)C. The first kappa shape index (κ1) is 103. The number of phosphoric acid groups is 2. The standard InChI is InChI=1S/C86H168O17P2/c1-7-9-11-13-15-16-17-18-19-20-24-31-36-41-46-52-58-64-70-85(90)102-81(74-96-83(88)68-62-56-48-14-12-10-8-2)76-100-104(92,93)98-72-80(87)73-99-105(94,95)101-77-82(75-97-84(89)69-63-57-51-45-40-35-30-27-26-29-34-39-44-50-55-61-67-79(5)6)103-86(91)71-65-59-53-47-42-37-32-25-22-21-23-28-33-38-43-49-54-60-66-78(3)4/h78-82,87H,7-77H2,1-6H3,(H,92,93)(H,94,95)/t80-,81+,82+/m0/s1. The molecule has 0 bridgehead atoms. The van der Waals surface area contributed by atoms with Crippen molar-refractivity contribution >= 4 is 39.5 Å². The molecule has 0 aromatic rings. The molecular formula is C86H168O17P2. The molecule has 0 saturated heterocycles. The molecule has 0 aromatic heterocycles. The Morgan fingerprint density at radius 3 is 0.648 bits per heavy atom. The summed E-state index contributed by atoms with van der Waals surface area (Å²) in [5.74, 6) is -0.474. The third-order valence-electron chi connectivity index (χ3n) is 20.2. The maximum absolute atomic E-state index is 13.1. The minimum atomic E-state index is -4.96. The fourth-order valence-corrected chi connectivity index (χ4v) is 15.0. The average molecular weight is 1540 g/mol. The number of rotatable bonds is 85. The molecule has 3 N–H and O–H groups in total. The topological polar surface area (TPSA) is 237 Å². The minimum Gasteiger partial charge on any atom is -0.462 e. The van der Waals surface area contributed by atoms with Crippen LogP contribution < -0.4 is 0 Å². The lowest BCUT2D eigenvalue weighted by Crippen LogP contribution is -2.30. The molecule has 0 radical (unpaired) electrons. The lowest BCUT2D eigenvalue weighted by Gasteiger charge is -2.21. The molecule has 624 valence electrons. The molecule has 105 heavy (non-hydrogen) atoms. The Morgan fingerprint density at radius 2 is 0.438 bits per heavy atom. The van der Waals surface area contributed by atoms with Gasteiger partial charge in [0.1, 0.15) is 19.3 Å². The van der Waals surface area contributed by atoms with Crippen LogP contribution in [-0.4, -0.2) is 96.7 Å². The predicted octanol–water partition coefficient (Wildman–Crippen LogP) is 26.2. The summed E-state index contributed by atoms with van der Waals surface area (Å²) in [5, 5.41) is 10.7. The van der Waals surface area contributed by atoms with Gasteiger partial charge < -0.3 is 33.8 Å². The number of aliphatic hydroxyl groups is 1. The van der Waals surface area contributed by atoms with Gasteiger partial charge in [0.2, 0.25) is 0 Å². The normalized spacial score (nSPS) is 13.8. The Labute approximate surface area is 645 Å². The van der Waals surface area contributed by atoms with Crippen molar-refractivity contribution < 1.29 is 80.2 Å². The van der Waals surface area contributed by atoms with Gasteiger partial charge in [-0.15, -0.1) is 0 Å². The molecule has 0 spiro atoms. The van der Waals surface area contributed by atoms with Crippen molar-refractivity contribution in [2.75, 3.05) is 39.6 Å². The van der Waals surface area contributed by atoms with Gasteiger partial charge >= 0.3 is 39.5 Å². The summed E-state index contributed by atoms with van der Waals surface area (Å²) in [5.41, 5.74) is 0. The first-order chi connectivity index (χ1) is 50.9. The highest BCUT2D eigenvalue weighted by Gasteiger charge is 2.30. The van der Waals surface area contributed by atoms with Gasteiger partial charge in [-0.25, -0.2) is 9.13 Å². The summed E-state index contributed by atoms with van der Waals surface area (Å²) >= 11 is 0. The molecule has 17 nitrogen and oxygen atoms in total. The summed E-state index contributed by atoms with van der Waals surface area (Å²) in [7, 11) is -9.92. The number of carbonyl (C=O) groups excluding carboxylic acids is 4. The van der Waals surface area contributed by atoms with Crippen LogP contribution in [0.4, 0.5) is 0 Å². The predicted molar refractivity (Wildman–Crippen MR) is 432 cm³/mol. The minimum absolute atomic E-state index is 0.108. The summed E-state index contributed by atoms with van der Waals surface area (Å²) in [4.78, 5) is 73.1. The van der Waals surface area contributed by atoms with E-state index in [1.807, 2.05) is 0 Å². The zero-order chi connectivity index (χ0) is 77.1. The molecule has 5 atom stereocenters. The van der Waals surface area contributed by atoms with Gasteiger partial charge in [0.15, 0.2) is 12.2 Å². The van der Waals surface area contributed by atoms with Crippen molar-refractivity contribution in [3.05, 3.63) is 0 Å². The van der Waals surface area contributed by atoms with Crippen LogP contribution in [-0.2, 0) is 65.4 Å². The van der Waals surface area contributed by atoms with Crippen molar-refractivity contribution in [1.82, 2.24) is 0 Å². The highest BCUT2D eigenvalue weighted by Crippen LogP contribution is 2.45. The largest absolute Gasteiger partial charge is 0.472 e. The van der Waals surface area contributed by atoms with Crippen molar-refractivity contribution in [3.8, 4) is 0 Å². The van der Waals surface area contributed by atoms with Crippen LogP contribution in [0.1, 0.15) is 459 Å². The number of ether oxygens (including phenoxy) is 4. The molecule has 0 heterocycles. The first-order valence-corrected chi connectivity index (χ1v) is 47.5. The molecular weight excluding hydrogens is 1370 g/mol. The maximum atomic E-state index is 13.1. The highest BCUT2D eigenvalue weighted by molar-refractivity contribution is 7.47. The number of unbranched alkanes of at least 4 members (excludes halogenated alkanes) is 55. The van der Waals surface area contributed by atoms with E-state index in [4.69, 9.17) is 37.0 Å². The Morgan fingerprint density at radius 1 is 0.257 bits per heavy atom.